The molecule has 0 saturated carbocycles. The van der Waals surface area contributed by atoms with Gasteiger partial charge in [0.1, 0.15) is 5.82 Å². The average molecular weight is 280 g/mol. The summed E-state index contributed by atoms with van der Waals surface area (Å²) >= 11 is 0. The minimum atomic E-state index is -0.643. The van der Waals surface area contributed by atoms with Crippen molar-refractivity contribution in [3.05, 3.63) is 35.6 Å². The molecule has 0 aromatic heterocycles. The van der Waals surface area contributed by atoms with Crippen LogP contribution in [0.3, 0.4) is 0 Å². The van der Waals surface area contributed by atoms with E-state index in [4.69, 9.17) is 5.73 Å². The van der Waals surface area contributed by atoms with Gasteiger partial charge >= 0.3 is 0 Å². The van der Waals surface area contributed by atoms with E-state index in [0.29, 0.717) is 12.1 Å². The van der Waals surface area contributed by atoms with Crippen molar-refractivity contribution in [3.63, 3.8) is 0 Å². The normalized spacial score (nSPS) is 14.8. The molecule has 1 atom stereocenters. The molecular formula is C17H29FN2. The molecule has 0 amide bonds. The first-order valence-electron chi connectivity index (χ1n) is 7.71. The van der Waals surface area contributed by atoms with Crippen LogP contribution in [0.4, 0.5) is 4.39 Å². The molecule has 0 saturated heterocycles. The van der Waals surface area contributed by atoms with Crippen LogP contribution < -0.4 is 5.73 Å². The highest BCUT2D eigenvalue weighted by atomic mass is 19.1. The highest BCUT2D eigenvalue weighted by Crippen LogP contribution is 2.30. The van der Waals surface area contributed by atoms with Gasteiger partial charge in [-0.15, -0.1) is 0 Å². The zero-order chi connectivity index (χ0) is 15.2. The van der Waals surface area contributed by atoms with Gasteiger partial charge < -0.3 is 10.6 Å². The third-order valence-corrected chi connectivity index (χ3v) is 3.97. The molecule has 1 unspecified atom stereocenters. The maximum Gasteiger partial charge on any atom is 0.128 e. The molecule has 3 heteroatoms. The van der Waals surface area contributed by atoms with E-state index in [1.807, 2.05) is 12.1 Å². The smallest absolute Gasteiger partial charge is 0.128 e. The number of hydrogen-bond acceptors (Lipinski definition) is 2. The van der Waals surface area contributed by atoms with Crippen molar-refractivity contribution in [1.29, 1.82) is 0 Å². The van der Waals surface area contributed by atoms with Gasteiger partial charge in [-0.2, -0.15) is 0 Å². The van der Waals surface area contributed by atoms with Gasteiger partial charge in [0.15, 0.2) is 0 Å². The van der Waals surface area contributed by atoms with Crippen LogP contribution in [-0.2, 0) is 5.54 Å². The minimum absolute atomic E-state index is 0.176. The summed E-state index contributed by atoms with van der Waals surface area (Å²) in [6.07, 6.45) is 2.18. The first-order valence-corrected chi connectivity index (χ1v) is 7.71. The zero-order valence-corrected chi connectivity index (χ0v) is 13.3. The first-order chi connectivity index (χ1) is 9.45. The Balaban J connectivity index is 3.05. The van der Waals surface area contributed by atoms with Crippen molar-refractivity contribution in [2.45, 2.75) is 46.1 Å². The number of benzene rings is 1. The average Bonchev–Trinajstić information content (AvgIpc) is 2.39. The number of nitrogens with zero attached hydrogens (tertiary/aromatic N) is 1. The molecule has 114 valence electrons. The summed E-state index contributed by atoms with van der Waals surface area (Å²) in [5.41, 5.74) is 6.63. The van der Waals surface area contributed by atoms with Gasteiger partial charge in [0.25, 0.3) is 0 Å². The van der Waals surface area contributed by atoms with Crippen LogP contribution in [0.5, 0.6) is 0 Å². The van der Waals surface area contributed by atoms with E-state index < -0.39 is 5.54 Å². The van der Waals surface area contributed by atoms with Crippen molar-refractivity contribution >= 4 is 0 Å². The van der Waals surface area contributed by atoms with E-state index in [1.165, 1.54) is 6.07 Å². The first kappa shape index (κ1) is 17.1. The summed E-state index contributed by atoms with van der Waals surface area (Å²) in [6, 6.07) is 6.91. The molecular weight excluding hydrogens is 251 g/mol. The lowest BCUT2D eigenvalue weighted by atomic mass is 9.80. The van der Waals surface area contributed by atoms with Crippen LogP contribution in [0.1, 0.15) is 46.1 Å². The Kier molecular flexibility index (Phi) is 6.63. The quantitative estimate of drug-likeness (QED) is 0.785. The maximum atomic E-state index is 14.2. The standard InChI is InChI=1S/C17H29FN2/c1-5-11-20(12-6-2)13-17(19,14(3)4)15-9-7-8-10-16(15)18/h7-10,14H,5-6,11-13,19H2,1-4H3. The fourth-order valence-electron chi connectivity index (χ4n) is 2.69. The van der Waals surface area contributed by atoms with Crippen LogP contribution in [0, 0.1) is 11.7 Å². The van der Waals surface area contributed by atoms with Crippen LogP contribution >= 0.6 is 0 Å². The van der Waals surface area contributed by atoms with Gasteiger partial charge in [-0.1, -0.05) is 45.9 Å². The summed E-state index contributed by atoms with van der Waals surface area (Å²) < 4.78 is 14.2. The third-order valence-electron chi connectivity index (χ3n) is 3.97. The Morgan fingerprint density at radius 1 is 1.15 bits per heavy atom. The molecule has 0 spiro atoms. The van der Waals surface area contributed by atoms with E-state index in [1.54, 1.807) is 6.07 Å². The molecule has 2 nitrogen and oxygen atoms in total. The summed E-state index contributed by atoms with van der Waals surface area (Å²) in [6.45, 7) is 11.2. The summed E-state index contributed by atoms with van der Waals surface area (Å²) in [4.78, 5) is 2.35. The van der Waals surface area contributed by atoms with Gasteiger partial charge in [0, 0.05) is 12.1 Å². The topological polar surface area (TPSA) is 29.3 Å². The number of rotatable bonds is 8. The molecule has 1 rings (SSSR count). The second-order valence-corrected chi connectivity index (χ2v) is 5.95. The van der Waals surface area contributed by atoms with Crippen molar-refractivity contribution < 1.29 is 4.39 Å². The van der Waals surface area contributed by atoms with Crippen molar-refractivity contribution in [2.24, 2.45) is 11.7 Å². The van der Waals surface area contributed by atoms with E-state index in [0.717, 1.165) is 25.9 Å². The molecule has 0 bridgehead atoms. The van der Waals surface area contributed by atoms with Crippen LogP contribution in [0.25, 0.3) is 0 Å². The lowest BCUT2D eigenvalue weighted by Gasteiger charge is -2.39. The molecule has 1 aromatic rings. The fourth-order valence-corrected chi connectivity index (χ4v) is 2.69. The molecule has 0 aliphatic heterocycles. The Morgan fingerprint density at radius 3 is 2.15 bits per heavy atom. The molecule has 1 aromatic carbocycles. The number of hydrogen-bond donors (Lipinski definition) is 1. The second kappa shape index (κ2) is 7.75. The summed E-state index contributed by atoms with van der Waals surface area (Å²) in [5, 5.41) is 0. The predicted molar refractivity (Wildman–Crippen MR) is 84.1 cm³/mol. The van der Waals surface area contributed by atoms with E-state index in [9.17, 15) is 4.39 Å². The van der Waals surface area contributed by atoms with E-state index in [2.05, 4.69) is 32.6 Å². The molecule has 2 N–H and O–H groups in total. The van der Waals surface area contributed by atoms with Crippen molar-refractivity contribution in [3.8, 4) is 0 Å². The van der Waals surface area contributed by atoms with Crippen molar-refractivity contribution in [2.75, 3.05) is 19.6 Å². The zero-order valence-electron chi connectivity index (χ0n) is 13.3. The molecule has 0 radical (unpaired) electrons. The number of halogens is 1. The maximum absolute atomic E-state index is 14.2. The predicted octanol–water partition coefficient (Wildman–Crippen LogP) is 3.76. The number of nitrogens with two attached hydrogens (primary N) is 1. The Morgan fingerprint density at radius 2 is 1.70 bits per heavy atom. The molecule has 20 heavy (non-hydrogen) atoms. The van der Waals surface area contributed by atoms with Crippen LogP contribution in [-0.4, -0.2) is 24.5 Å². The largest absolute Gasteiger partial charge is 0.320 e. The highest BCUT2D eigenvalue weighted by Gasteiger charge is 2.35. The van der Waals surface area contributed by atoms with Gasteiger partial charge in [-0.05, 0) is 37.9 Å². The SMILES string of the molecule is CCCN(CCC)CC(N)(c1ccccc1F)C(C)C. The Labute approximate surface area is 123 Å². The molecule has 0 fully saturated rings. The summed E-state index contributed by atoms with van der Waals surface area (Å²) in [7, 11) is 0. The Bertz CT molecular complexity index is 400. The van der Waals surface area contributed by atoms with Crippen molar-refractivity contribution in [1.82, 2.24) is 4.90 Å². The Hall–Kier alpha value is -0.930. The lowest BCUT2D eigenvalue weighted by Crippen LogP contribution is -2.52. The fraction of sp³-hybridized carbons (Fsp3) is 0.647. The van der Waals surface area contributed by atoms with Crippen LogP contribution in [0.15, 0.2) is 24.3 Å². The van der Waals surface area contributed by atoms with Crippen LogP contribution in [0.2, 0.25) is 0 Å². The lowest BCUT2D eigenvalue weighted by molar-refractivity contribution is 0.168. The minimum Gasteiger partial charge on any atom is -0.320 e. The monoisotopic (exact) mass is 280 g/mol. The molecule has 0 heterocycles. The molecule has 0 aliphatic carbocycles. The second-order valence-electron chi connectivity index (χ2n) is 5.95. The van der Waals surface area contributed by atoms with Gasteiger partial charge in [-0.3, -0.25) is 0 Å². The van der Waals surface area contributed by atoms with Gasteiger partial charge in [-0.25, -0.2) is 4.39 Å². The summed E-state index contributed by atoms with van der Waals surface area (Å²) in [5.74, 6) is -0.0211. The van der Waals surface area contributed by atoms with E-state index >= 15 is 0 Å². The highest BCUT2D eigenvalue weighted by molar-refractivity contribution is 5.27. The third kappa shape index (κ3) is 4.03. The molecule has 0 aliphatic rings. The van der Waals surface area contributed by atoms with Gasteiger partial charge in [0.05, 0.1) is 5.54 Å². The van der Waals surface area contributed by atoms with E-state index in [-0.39, 0.29) is 11.7 Å². The van der Waals surface area contributed by atoms with Gasteiger partial charge in [0.2, 0.25) is 0 Å².